The number of hydrogen-bond donors (Lipinski definition) is 3. The lowest BCUT2D eigenvalue weighted by molar-refractivity contribution is 0.179. The summed E-state index contributed by atoms with van der Waals surface area (Å²) < 4.78 is 0. The van der Waals surface area contributed by atoms with E-state index < -0.39 is 0 Å². The first-order valence-electron chi connectivity index (χ1n) is 6.08. The molecule has 4 nitrogen and oxygen atoms in total. The van der Waals surface area contributed by atoms with Crippen LogP contribution in [0.1, 0.15) is 32.6 Å². The molecule has 0 saturated heterocycles. The highest BCUT2D eigenvalue weighted by molar-refractivity contribution is 5.90. The molecule has 2 rings (SSSR count). The molecular formula is C13H19N3O. The van der Waals surface area contributed by atoms with Gasteiger partial charge in [-0.15, -0.1) is 0 Å². The van der Waals surface area contributed by atoms with Crippen LogP contribution in [-0.4, -0.2) is 11.6 Å². The summed E-state index contributed by atoms with van der Waals surface area (Å²) in [6.07, 6.45) is 4.36. The zero-order valence-corrected chi connectivity index (χ0v) is 10.1. The van der Waals surface area contributed by atoms with E-state index in [1.54, 1.807) is 24.3 Å². The van der Waals surface area contributed by atoms with Gasteiger partial charge in [0.2, 0.25) is 0 Å². The Morgan fingerprint density at radius 3 is 2.47 bits per heavy atom. The third-order valence-electron chi connectivity index (χ3n) is 3.53. The molecule has 1 aliphatic rings. The Balaban J connectivity index is 1.91. The largest absolute Gasteiger partial charge is 0.399 e. The maximum atomic E-state index is 11.8. The lowest BCUT2D eigenvalue weighted by Gasteiger charge is -2.41. The quantitative estimate of drug-likeness (QED) is 0.703. The molecule has 0 radical (unpaired) electrons. The van der Waals surface area contributed by atoms with Crippen molar-refractivity contribution in [3.05, 3.63) is 24.3 Å². The fraction of sp³-hybridized carbons (Fsp3) is 0.462. The van der Waals surface area contributed by atoms with E-state index in [9.17, 15) is 4.79 Å². The molecule has 0 aromatic heterocycles. The van der Waals surface area contributed by atoms with Gasteiger partial charge in [0.15, 0.2) is 0 Å². The fourth-order valence-corrected chi connectivity index (χ4v) is 2.14. The molecule has 0 atom stereocenters. The van der Waals surface area contributed by atoms with Gasteiger partial charge in [-0.25, -0.2) is 4.79 Å². The average molecular weight is 233 g/mol. The van der Waals surface area contributed by atoms with Crippen molar-refractivity contribution in [2.75, 3.05) is 11.1 Å². The van der Waals surface area contributed by atoms with Crippen LogP contribution in [0.4, 0.5) is 16.2 Å². The van der Waals surface area contributed by atoms with Crippen molar-refractivity contribution in [3.8, 4) is 0 Å². The fourth-order valence-electron chi connectivity index (χ4n) is 2.14. The van der Waals surface area contributed by atoms with Crippen molar-refractivity contribution in [1.29, 1.82) is 0 Å². The van der Waals surface area contributed by atoms with E-state index >= 15 is 0 Å². The van der Waals surface area contributed by atoms with Gasteiger partial charge in [0.25, 0.3) is 0 Å². The number of nitrogens with two attached hydrogens (primary N) is 1. The monoisotopic (exact) mass is 233 g/mol. The van der Waals surface area contributed by atoms with Gasteiger partial charge in [-0.3, -0.25) is 0 Å². The summed E-state index contributed by atoms with van der Waals surface area (Å²) in [6.45, 7) is 2.11. The van der Waals surface area contributed by atoms with Crippen molar-refractivity contribution in [2.45, 2.75) is 38.1 Å². The number of carbonyl (C=O) groups is 1. The maximum absolute atomic E-state index is 11.8. The van der Waals surface area contributed by atoms with Crippen LogP contribution in [0.2, 0.25) is 0 Å². The minimum atomic E-state index is -0.128. The Labute approximate surface area is 102 Å². The summed E-state index contributed by atoms with van der Waals surface area (Å²) in [7, 11) is 0. The van der Waals surface area contributed by atoms with E-state index in [1.807, 2.05) is 0 Å². The molecule has 4 N–H and O–H groups in total. The van der Waals surface area contributed by atoms with Crippen molar-refractivity contribution in [3.63, 3.8) is 0 Å². The minimum Gasteiger partial charge on any atom is -0.399 e. The molecule has 0 bridgehead atoms. The number of rotatable bonds is 3. The Morgan fingerprint density at radius 1 is 1.35 bits per heavy atom. The number of nitrogens with one attached hydrogen (secondary N) is 2. The van der Waals surface area contributed by atoms with E-state index in [0.717, 1.165) is 24.9 Å². The molecule has 1 fully saturated rings. The highest BCUT2D eigenvalue weighted by Crippen LogP contribution is 2.34. The third kappa shape index (κ3) is 2.70. The average Bonchev–Trinajstić information content (AvgIpc) is 2.27. The molecule has 0 aliphatic heterocycles. The minimum absolute atomic E-state index is 0.0257. The molecule has 1 saturated carbocycles. The summed E-state index contributed by atoms with van der Waals surface area (Å²) >= 11 is 0. The lowest BCUT2D eigenvalue weighted by atomic mass is 9.75. The number of anilines is 2. The number of benzene rings is 1. The normalized spacial score (nSPS) is 17.0. The molecule has 17 heavy (non-hydrogen) atoms. The molecule has 92 valence electrons. The van der Waals surface area contributed by atoms with E-state index in [4.69, 9.17) is 5.73 Å². The molecule has 1 aromatic rings. The molecule has 1 aliphatic carbocycles. The highest BCUT2D eigenvalue weighted by atomic mass is 16.2. The first-order valence-corrected chi connectivity index (χ1v) is 6.08. The second kappa shape index (κ2) is 4.65. The molecule has 0 spiro atoms. The van der Waals surface area contributed by atoms with E-state index in [-0.39, 0.29) is 11.6 Å². The molecule has 0 heterocycles. The molecule has 0 unspecified atom stereocenters. The second-order valence-corrected chi connectivity index (χ2v) is 4.69. The topological polar surface area (TPSA) is 67.2 Å². The van der Waals surface area contributed by atoms with Crippen LogP contribution in [-0.2, 0) is 0 Å². The van der Waals surface area contributed by atoms with Crippen LogP contribution in [0.15, 0.2) is 24.3 Å². The SMILES string of the molecule is CCC1(NC(=O)Nc2ccc(N)cc2)CCC1. The lowest BCUT2D eigenvalue weighted by Crippen LogP contribution is -2.54. The van der Waals surface area contributed by atoms with E-state index in [2.05, 4.69) is 17.6 Å². The Morgan fingerprint density at radius 2 is 2.00 bits per heavy atom. The standard InChI is InChI=1S/C13H19N3O/c1-2-13(8-3-9-13)16-12(17)15-11-6-4-10(14)5-7-11/h4-7H,2-3,8-9,14H2,1H3,(H2,15,16,17). The highest BCUT2D eigenvalue weighted by Gasteiger charge is 2.36. The number of hydrogen-bond acceptors (Lipinski definition) is 2. The van der Waals surface area contributed by atoms with Crippen LogP contribution in [0.5, 0.6) is 0 Å². The van der Waals surface area contributed by atoms with Gasteiger partial charge in [-0.05, 0) is 49.9 Å². The summed E-state index contributed by atoms with van der Waals surface area (Å²) in [5.74, 6) is 0. The van der Waals surface area contributed by atoms with Gasteiger partial charge in [0.1, 0.15) is 0 Å². The second-order valence-electron chi connectivity index (χ2n) is 4.69. The summed E-state index contributed by atoms with van der Waals surface area (Å²) in [6, 6.07) is 7.02. The van der Waals surface area contributed by atoms with Gasteiger partial charge >= 0.3 is 6.03 Å². The van der Waals surface area contributed by atoms with Crippen LogP contribution in [0.3, 0.4) is 0 Å². The molecule has 2 amide bonds. The zero-order valence-electron chi connectivity index (χ0n) is 10.1. The van der Waals surface area contributed by atoms with Crippen LogP contribution >= 0.6 is 0 Å². The van der Waals surface area contributed by atoms with Crippen molar-refractivity contribution in [1.82, 2.24) is 5.32 Å². The van der Waals surface area contributed by atoms with Gasteiger partial charge < -0.3 is 16.4 Å². The molecule has 4 heteroatoms. The summed E-state index contributed by atoms with van der Waals surface area (Å²) in [5, 5.41) is 5.88. The Kier molecular flexibility index (Phi) is 3.22. The van der Waals surface area contributed by atoms with Gasteiger partial charge in [-0.2, -0.15) is 0 Å². The smallest absolute Gasteiger partial charge is 0.319 e. The van der Waals surface area contributed by atoms with Gasteiger partial charge in [0, 0.05) is 16.9 Å². The molecular weight excluding hydrogens is 214 g/mol. The number of nitrogen functional groups attached to an aromatic ring is 1. The predicted molar refractivity (Wildman–Crippen MR) is 69.9 cm³/mol. The summed E-state index contributed by atoms with van der Waals surface area (Å²) in [5.41, 5.74) is 7.07. The third-order valence-corrected chi connectivity index (χ3v) is 3.53. The van der Waals surface area contributed by atoms with Crippen molar-refractivity contribution < 1.29 is 4.79 Å². The number of urea groups is 1. The first kappa shape index (κ1) is 11.8. The van der Waals surface area contributed by atoms with Gasteiger partial charge in [0.05, 0.1) is 0 Å². The number of carbonyl (C=O) groups excluding carboxylic acids is 1. The molecule has 1 aromatic carbocycles. The maximum Gasteiger partial charge on any atom is 0.319 e. The zero-order chi connectivity index (χ0) is 12.3. The van der Waals surface area contributed by atoms with E-state index in [0.29, 0.717) is 5.69 Å². The van der Waals surface area contributed by atoms with Crippen LogP contribution < -0.4 is 16.4 Å². The van der Waals surface area contributed by atoms with Crippen LogP contribution in [0.25, 0.3) is 0 Å². The van der Waals surface area contributed by atoms with E-state index in [1.165, 1.54) is 6.42 Å². The first-order chi connectivity index (χ1) is 8.13. The summed E-state index contributed by atoms with van der Waals surface area (Å²) in [4.78, 5) is 11.8. The van der Waals surface area contributed by atoms with Crippen molar-refractivity contribution >= 4 is 17.4 Å². The van der Waals surface area contributed by atoms with Gasteiger partial charge in [-0.1, -0.05) is 6.92 Å². The van der Waals surface area contributed by atoms with Crippen LogP contribution in [0, 0.1) is 0 Å². The number of amides is 2. The Hall–Kier alpha value is -1.71. The predicted octanol–water partition coefficient (Wildman–Crippen LogP) is 2.72. The van der Waals surface area contributed by atoms with Crippen molar-refractivity contribution in [2.24, 2.45) is 0 Å². The Bertz CT molecular complexity index is 390.